The summed E-state index contributed by atoms with van der Waals surface area (Å²) in [7, 11) is -2.36. The topological polar surface area (TPSA) is 57.6 Å². The lowest BCUT2D eigenvalue weighted by molar-refractivity contribution is 0.0452. The highest BCUT2D eigenvalue weighted by molar-refractivity contribution is 7.89. The summed E-state index contributed by atoms with van der Waals surface area (Å²) in [6.07, 6.45) is 0. The van der Waals surface area contributed by atoms with Gasteiger partial charge in [0.25, 0.3) is 0 Å². The Kier molecular flexibility index (Phi) is 5.94. The number of alkyl halides is 1. The first-order chi connectivity index (χ1) is 11.2. The third-order valence-corrected chi connectivity index (χ3v) is 6.52. The van der Waals surface area contributed by atoms with E-state index in [0.29, 0.717) is 16.1 Å². The number of aryl methyl sites for hydroxylation is 1. The summed E-state index contributed by atoms with van der Waals surface area (Å²) in [5, 5.41) is 11.3. The maximum Gasteiger partial charge on any atom is 0.242 e. The normalized spacial score (nSPS) is 14.6. The number of halogens is 2. The van der Waals surface area contributed by atoms with Crippen LogP contribution >= 0.6 is 23.2 Å². The Bertz CT molecular complexity index is 812. The van der Waals surface area contributed by atoms with E-state index in [9.17, 15) is 13.5 Å². The van der Waals surface area contributed by atoms with Gasteiger partial charge < -0.3 is 5.11 Å². The van der Waals surface area contributed by atoms with Crippen LogP contribution in [-0.2, 0) is 15.6 Å². The first-order valence-electron chi connectivity index (χ1n) is 7.27. The molecule has 0 radical (unpaired) electrons. The lowest BCUT2D eigenvalue weighted by Gasteiger charge is -2.31. The summed E-state index contributed by atoms with van der Waals surface area (Å²) in [5.41, 5.74) is -0.248. The minimum Gasteiger partial charge on any atom is -0.383 e. The summed E-state index contributed by atoms with van der Waals surface area (Å²) in [6, 6.07) is 13.3. The summed E-state index contributed by atoms with van der Waals surface area (Å²) in [6.45, 7) is 1.57. The molecule has 130 valence electrons. The van der Waals surface area contributed by atoms with E-state index in [-0.39, 0.29) is 17.3 Å². The number of rotatable bonds is 6. The van der Waals surface area contributed by atoms with E-state index >= 15 is 0 Å². The molecular weight excluding hydrogens is 369 g/mol. The van der Waals surface area contributed by atoms with Crippen molar-refractivity contribution in [3.8, 4) is 0 Å². The van der Waals surface area contributed by atoms with Crippen molar-refractivity contribution in [1.29, 1.82) is 0 Å². The van der Waals surface area contributed by atoms with E-state index < -0.39 is 15.6 Å². The fourth-order valence-corrected chi connectivity index (χ4v) is 4.04. The van der Waals surface area contributed by atoms with Crippen LogP contribution in [0.3, 0.4) is 0 Å². The molecule has 0 saturated heterocycles. The molecule has 7 heteroatoms. The average molecular weight is 388 g/mol. The van der Waals surface area contributed by atoms with Gasteiger partial charge in [0.1, 0.15) is 5.60 Å². The van der Waals surface area contributed by atoms with Crippen LogP contribution in [0.15, 0.2) is 53.4 Å². The molecule has 2 rings (SSSR count). The van der Waals surface area contributed by atoms with E-state index in [1.807, 2.05) is 6.07 Å². The minimum atomic E-state index is -3.77. The molecule has 0 aliphatic carbocycles. The first kappa shape index (κ1) is 19.2. The predicted octanol–water partition coefficient (Wildman–Crippen LogP) is 3.40. The predicted molar refractivity (Wildman–Crippen MR) is 97.1 cm³/mol. The molecule has 1 N–H and O–H groups in total. The van der Waals surface area contributed by atoms with E-state index in [0.717, 1.165) is 4.31 Å². The summed E-state index contributed by atoms with van der Waals surface area (Å²) < 4.78 is 26.6. The van der Waals surface area contributed by atoms with Crippen molar-refractivity contribution in [2.45, 2.75) is 17.4 Å². The van der Waals surface area contributed by atoms with Crippen LogP contribution in [0.25, 0.3) is 0 Å². The molecule has 0 aliphatic heterocycles. The van der Waals surface area contributed by atoms with Crippen molar-refractivity contribution in [3.05, 3.63) is 64.7 Å². The lowest BCUT2D eigenvalue weighted by Crippen LogP contribution is -2.43. The quantitative estimate of drug-likeness (QED) is 0.772. The van der Waals surface area contributed by atoms with Crippen LogP contribution in [0, 0.1) is 6.92 Å². The Balaban J connectivity index is 2.32. The van der Waals surface area contributed by atoms with Crippen molar-refractivity contribution in [1.82, 2.24) is 4.31 Å². The molecule has 2 aromatic carbocycles. The Morgan fingerprint density at radius 1 is 1.17 bits per heavy atom. The Morgan fingerprint density at radius 2 is 1.79 bits per heavy atom. The second-order valence-corrected chi connectivity index (χ2v) is 8.42. The van der Waals surface area contributed by atoms with Gasteiger partial charge in [-0.05, 0) is 36.2 Å². The van der Waals surface area contributed by atoms with Crippen molar-refractivity contribution in [2.24, 2.45) is 0 Å². The molecule has 24 heavy (non-hydrogen) atoms. The zero-order valence-electron chi connectivity index (χ0n) is 13.4. The van der Waals surface area contributed by atoms with Crippen LogP contribution < -0.4 is 0 Å². The molecule has 4 nitrogen and oxygen atoms in total. The summed E-state index contributed by atoms with van der Waals surface area (Å²) >= 11 is 11.9. The fourth-order valence-electron chi connectivity index (χ4n) is 2.37. The lowest BCUT2D eigenvalue weighted by atomic mass is 9.96. The molecule has 0 fully saturated rings. The van der Waals surface area contributed by atoms with Gasteiger partial charge in [-0.1, -0.05) is 41.9 Å². The van der Waals surface area contributed by atoms with Gasteiger partial charge in [0.2, 0.25) is 10.0 Å². The van der Waals surface area contributed by atoms with Crippen molar-refractivity contribution >= 4 is 33.2 Å². The van der Waals surface area contributed by atoms with Gasteiger partial charge in [-0.25, -0.2) is 8.42 Å². The molecule has 0 spiro atoms. The Morgan fingerprint density at radius 3 is 2.33 bits per heavy atom. The second kappa shape index (κ2) is 7.42. The number of hydrogen-bond donors (Lipinski definition) is 1. The van der Waals surface area contributed by atoms with Gasteiger partial charge in [0, 0.05) is 18.6 Å². The minimum absolute atomic E-state index is 0.122. The van der Waals surface area contributed by atoms with Crippen molar-refractivity contribution in [3.63, 3.8) is 0 Å². The number of benzene rings is 2. The van der Waals surface area contributed by atoms with Crippen LogP contribution in [0.5, 0.6) is 0 Å². The zero-order chi connectivity index (χ0) is 18.0. The van der Waals surface area contributed by atoms with E-state index in [4.69, 9.17) is 23.2 Å². The average Bonchev–Trinajstić information content (AvgIpc) is 2.57. The van der Waals surface area contributed by atoms with Crippen LogP contribution in [0.4, 0.5) is 0 Å². The molecule has 2 aromatic rings. The maximum atomic E-state index is 12.7. The van der Waals surface area contributed by atoms with Crippen molar-refractivity contribution < 1.29 is 13.5 Å². The molecule has 0 amide bonds. The standard InChI is InChI=1S/C17H19Cl2NO3S/c1-13-10-15(8-9-16(13)19)24(22,23)20(2)12-17(21,11-18)14-6-4-3-5-7-14/h3-10,21H,11-12H2,1-2H3. The van der Waals surface area contributed by atoms with E-state index in [1.54, 1.807) is 37.3 Å². The SMILES string of the molecule is Cc1cc(S(=O)(=O)N(C)CC(O)(CCl)c2ccccc2)ccc1Cl. The molecule has 0 heterocycles. The van der Waals surface area contributed by atoms with Gasteiger partial charge in [-0.3, -0.25) is 0 Å². The van der Waals surface area contributed by atoms with E-state index in [2.05, 4.69) is 0 Å². The zero-order valence-corrected chi connectivity index (χ0v) is 15.7. The van der Waals surface area contributed by atoms with Crippen LogP contribution in [-0.4, -0.2) is 37.3 Å². The number of hydrogen-bond acceptors (Lipinski definition) is 3. The second-order valence-electron chi connectivity index (χ2n) is 5.70. The van der Waals surface area contributed by atoms with Crippen molar-refractivity contribution in [2.75, 3.05) is 19.5 Å². The summed E-state index contributed by atoms with van der Waals surface area (Å²) in [4.78, 5) is 0.122. The number of sulfonamides is 1. The number of aliphatic hydroxyl groups is 1. The maximum absolute atomic E-state index is 12.7. The van der Waals surface area contributed by atoms with E-state index in [1.165, 1.54) is 19.2 Å². The molecule has 0 saturated carbocycles. The fraction of sp³-hybridized carbons (Fsp3) is 0.294. The molecule has 0 aromatic heterocycles. The monoisotopic (exact) mass is 387 g/mol. The highest BCUT2D eigenvalue weighted by Crippen LogP contribution is 2.27. The number of nitrogens with zero attached hydrogens (tertiary/aromatic N) is 1. The molecule has 1 atom stereocenters. The largest absolute Gasteiger partial charge is 0.383 e. The molecule has 1 unspecified atom stereocenters. The highest BCUT2D eigenvalue weighted by Gasteiger charge is 2.34. The summed E-state index contributed by atoms with van der Waals surface area (Å²) in [5.74, 6) is -0.128. The smallest absolute Gasteiger partial charge is 0.242 e. The highest BCUT2D eigenvalue weighted by atomic mass is 35.5. The molecule has 0 aliphatic rings. The first-order valence-corrected chi connectivity index (χ1v) is 9.62. The Labute approximate surface area is 152 Å². The molecule has 0 bridgehead atoms. The third-order valence-electron chi connectivity index (χ3n) is 3.85. The van der Waals surface area contributed by atoms with Gasteiger partial charge >= 0.3 is 0 Å². The van der Waals surface area contributed by atoms with Crippen LogP contribution in [0.2, 0.25) is 5.02 Å². The number of likely N-dealkylation sites (N-methyl/N-ethyl adjacent to an activating group) is 1. The van der Waals surface area contributed by atoms with Crippen LogP contribution in [0.1, 0.15) is 11.1 Å². The van der Waals surface area contributed by atoms with Gasteiger partial charge in [-0.2, -0.15) is 4.31 Å². The Hall–Kier alpha value is -1.11. The van der Waals surface area contributed by atoms with Gasteiger partial charge in [0.15, 0.2) is 0 Å². The van der Waals surface area contributed by atoms with Gasteiger partial charge in [0.05, 0.1) is 10.8 Å². The third kappa shape index (κ3) is 3.92. The molecular formula is C17H19Cl2NO3S. The van der Waals surface area contributed by atoms with Gasteiger partial charge in [-0.15, -0.1) is 11.6 Å².